The number of nitrogens with one attached hydrogen (secondary N) is 1. The molecule has 3 rings (SSSR count). The molecule has 7 heteroatoms. The molecule has 1 N–H and O–H groups in total. The topological polar surface area (TPSA) is 75.7 Å². The van der Waals surface area contributed by atoms with Crippen molar-refractivity contribution in [1.82, 2.24) is 5.32 Å². The van der Waals surface area contributed by atoms with E-state index in [1.165, 1.54) is 10.4 Å². The number of hydrogen-bond acceptors (Lipinski definition) is 4. The van der Waals surface area contributed by atoms with E-state index in [9.17, 15) is 13.2 Å². The van der Waals surface area contributed by atoms with Crippen LogP contribution in [-0.2, 0) is 21.4 Å². The summed E-state index contributed by atoms with van der Waals surface area (Å²) in [6.07, 6.45) is 3.81. The van der Waals surface area contributed by atoms with Crippen LogP contribution in [0.4, 0.5) is 5.69 Å². The number of rotatable bonds is 6. The van der Waals surface area contributed by atoms with E-state index in [2.05, 4.69) is 5.32 Å². The molecule has 0 aliphatic carbocycles. The van der Waals surface area contributed by atoms with Crippen molar-refractivity contribution in [3.63, 3.8) is 0 Å². The van der Waals surface area contributed by atoms with E-state index in [1.54, 1.807) is 37.5 Å². The van der Waals surface area contributed by atoms with Crippen LogP contribution in [0.15, 0.2) is 54.6 Å². The fraction of sp³-hybridized carbons (Fsp3) is 0.250. The van der Waals surface area contributed by atoms with Crippen LogP contribution < -0.4 is 14.4 Å². The Morgan fingerprint density at radius 1 is 1.15 bits per heavy atom. The standard InChI is InChI=1S/C20H22N2O4S/c1-26-19-10-5-17(6-11-19)15-21-20(23)12-7-16-3-8-18(9-4-16)22-13-2-14-27(22,24)25/h3-12H,2,13-15H2,1H3,(H,21,23)/b12-7+. The highest BCUT2D eigenvalue weighted by Crippen LogP contribution is 2.24. The Labute approximate surface area is 159 Å². The third-order valence-electron chi connectivity index (χ3n) is 4.33. The second kappa shape index (κ2) is 8.26. The molecule has 1 saturated heterocycles. The maximum absolute atomic E-state index is 12.0. The summed E-state index contributed by atoms with van der Waals surface area (Å²) < 4.78 is 30.4. The lowest BCUT2D eigenvalue weighted by atomic mass is 10.2. The van der Waals surface area contributed by atoms with Gasteiger partial charge in [-0.1, -0.05) is 24.3 Å². The molecule has 142 valence electrons. The van der Waals surface area contributed by atoms with Crippen LogP contribution >= 0.6 is 0 Å². The maximum Gasteiger partial charge on any atom is 0.244 e. The number of methoxy groups -OCH3 is 1. The quantitative estimate of drug-likeness (QED) is 0.774. The van der Waals surface area contributed by atoms with Crippen molar-refractivity contribution in [3.05, 3.63) is 65.7 Å². The van der Waals surface area contributed by atoms with E-state index in [0.29, 0.717) is 25.2 Å². The molecule has 0 spiro atoms. The molecule has 0 bridgehead atoms. The first-order chi connectivity index (χ1) is 13.0. The van der Waals surface area contributed by atoms with Crippen molar-refractivity contribution in [2.24, 2.45) is 0 Å². The normalized spacial score (nSPS) is 15.8. The van der Waals surface area contributed by atoms with Gasteiger partial charge in [0, 0.05) is 19.2 Å². The second-order valence-corrected chi connectivity index (χ2v) is 8.25. The van der Waals surface area contributed by atoms with Gasteiger partial charge in [-0.05, 0) is 47.9 Å². The molecule has 1 heterocycles. The van der Waals surface area contributed by atoms with Crippen molar-refractivity contribution in [2.45, 2.75) is 13.0 Å². The third kappa shape index (κ3) is 4.89. The van der Waals surface area contributed by atoms with E-state index in [0.717, 1.165) is 16.9 Å². The number of anilines is 1. The highest BCUT2D eigenvalue weighted by molar-refractivity contribution is 7.93. The predicted octanol–water partition coefficient (Wildman–Crippen LogP) is 2.56. The van der Waals surface area contributed by atoms with Gasteiger partial charge in [-0.25, -0.2) is 8.42 Å². The monoisotopic (exact) mass is 386 g/mol. The lowest BCUT2D eigenvalue weighted by Gasteiger charge is -2.16. The molecule has 0 atom stereocenters. The van der Waals surface area contributed by atoms with E-state index in [4.69, 9.17) is 4.74 Å². The minimum absolute atomic E-state index is 0.197. The molecule has 2 aromatic rings. The Morgan fingerprint density at radius 3 is 2.44 bits per heavy atom. The van der Waals surface area contributed by atoms with Gasteiger partial charge in [0.15, 0.2) is 0 Å². The molecular formula is C20H22N2O4S. The number of benzene rings is 2. The fourth-order valence-corrected chi connectivity index (χ4v) is 4.41. The van der Waals surface area contributed by atoms with Crippen LogP contribution in [0.3, 0.4) is 0 Å². The number of ether oxygens (including phenoxy) is 1. The first-order valence-corrected chi connectivity index (χ1v) is 10.3. The average molecular weight is 386 g/mol. The first-order valence-electron chi connectivity index (χ1n) is 8.67. The minimum atomic E-state index is -3.17. The summed E-state index contributed by atoms with van der Waals surface area (Å²) in [6, 6.07) is 14.6. The van der Waals surface area contributed by atoms with E-state index in [-0.39, 0.29) is 11.7 Å². The Bertz CT molecular complexity index is 919. The molecule has 1 aliphatic heterocycles. The zero-order valence-electron chi connectivity index (χ0n) is 15.1. The molecule has 0 radical (unpaired) electrons. The van der Waals surface area contributed by atoms with Crippen LogP contribution in [0.5, 0.6) is 5.75 Å². The number of sulfonamides is 1. The molecule has 27 heavy (non-hydrogen) atoms. The molecule has 6 nitrogen and oxygen atoms in total. The van der Waals surface area contributed by atoms with E-state index < -0.39 is 10.0 Å². The summed E-state index contributed by atoms with van der Waals surface area (Å²) >= 11 is 0. The summed E-state index contributed by atoms with van der Waals surface area (Å²) in [4.78, 5) is 12.0. The SMILES string of the molecule is COc1ccc(CNC(=O)/C=C/c2ccc(N3CCCS3(=O)=O)cc2)cc1. The van der Waals surface area contributed by atoms with Gasteiger partial charge in [0.05, 0.1) is 18.6 Å². The van der Waals surface area contributed by atoms with Crippen LogP contribution in [0.25, 0.3) is 6.08 Å². The zero-order valence-corrected chi connectivity index (χ0v) is 15.9. The van der Waals surface area contributed by atoms with Crippen LogP contribution in [0.2, 0.25) is 0 Å². The summed E-state index contributed by atoms with van der Waals surface area (Å²) in [5.74, 6) is 0.774. The molecule has 2 aromatic carbocycles. The van der Waals surface area contributed by atoms with Crippen molar-refractivity contribution < 1.29 is 17.9 Å². The Kier molecular flexibility index (Phi) is 5.81. The van der Waals surface area contributed by atoms with Gasteiger partial charge in [-0.3, -0.25) is 9.10 Å². The van der Waals surface area contributed by atoms with Crippen molar-refractivity contribution in [2.75, 3.05) is 23.7 Å². The van der Waals surface area contributed by atoms with Gasteiger partial charge >= 0.3 is 0 Å². The lowest BCUT2D eigenvalue weighted by Crippen LogP contribution is -2.24. The smallest absolute Gasteiger partial charge is 0.244 e. The Hall–Kier alpha value is -2.80. The molecular weight excluding hydrogens is 364 g/mol. The molecule has 1 fully saturated rings. The summed E-state index contributed by atoms with van der Waals surface area (Å²) in [7, 11) is -1.56. The predicted molar refractivity (Wildman–Crippen MR) is 106 cm³/mol. The largest absolute Gasteiger partial charge is 0.497 e. The van der Waals surface area contributed by atoms with Gasteiger partial charge in [-0.15, -0.1) is 0 Å². The first kappa shape index (κ1) is 19.0. The average Bonchev–Trinajstić information content (AvgIpc) is 3.04. The van der Waals surface area contributed by atoms with Gasteiger partial charge in [-0.2, -0.15) is 0 Å². The highest BCUT2D eigenvalue weighted by atomic mass is 32.2. The lowest BCUT2D eigenvalue weighted by molar-refractivity contribution is -0.116. The Balaban J connectivity index is 1.54. The molecule has 1 amide bonds. The summed E-state index contributed by atoms with van der Waals surface area (Å²) in [5, 5.41) is 2.82. The van der Waals surface area contributed by atoms with Crippen LogP contribution in [0, 0.1) is 0 Å². The van der Waals surface area contributed by atoms with Crippen molar-refractivity contribution >= 4 is 27.7 Å². The van der Waals surface area contributed by atoms with E-state index in [1.807, 2.05) is 24.3 Å². The summed E-state index contributed by atoms with van der Waals surface area (Å²) in [6.45, 7) is 0.949. The highest BCUT2D eigenvalue weighted by Gasteiger charge is 2.28. The Morgan fingerprint density at radius 2 is 1.85 bits per heavy atom. The zero-order chi connectivity index (χ0) is 19.3. The van der Waals surface area contributed by atoms with Gasteiger partial charge in [0.25, 0.3) is 0 Å². The van der Waals surface area contributed by atoms with Crippen molar-refractivity contribution in [1.29, 1.82) is 0 Å². The number of amides is 1. The summed E-state index contributed by atoms with van der Waals surface area (Å²) in [5.41, 5.74) is 2.47. The van der Waals surface area contributed by atoms with E-state index >= 15 is 0 Å². The van der Waals surface area contributed by atoms with Crippen LogP contribution in [0.1, 0.15) is 17.5 Å². The number of carbonyl (C=O) groups excluding carboxylic acids is 1. The fourth-order valence-electron chi connectivity index (χ4n) is 2.84. The minimum Gasteiger partial charge on any atom is -0.497 e. The number of hydrogen-bond donors (Lipinski definition) is 1. The van der Waals surface area contributed by atoms with Gasteiger partial charge < -0.3 is 10.1 Å². The van der Waals surface area contributed by atoms with Crippen molar-refractivity contribution in [3.8, 4) is 5.75 Å². The molecule has 0 saturated carbocycles. The molecule has 0 unspecified atom stereocenters. The van der Waals surface area contributed by atoms with Gasteiger partial charge in [0.1, 0.15) is 5.75 Å². The number of nitrogens with zero attached hydrogens (tertiary/aromatic N) is 1. The molecule has 0 aromatic heterocycles. The van der Waals surface area contributed by atoms with Gasteiger partial charge in [0.2, 0.25) is 15.9 Å². The second-order valence-electron chi connectivity index (χ2n) is 6.23. The third-order valence-corrected chi connectivity index (χ3v) is 6.20. The molecule has 1 aliphatic rings. The number of carbonyl (C=O) groups is 1. The van der Waals surface area contributed by atoms with Crippen LogP contribution in [-0.4, -0.2) is 33.7 Å². The maximum atomic E-state index is 12.0.